The predicted molar refractivity (Wildman–Crippen MR) is 117 cm³/mol. The molecule has 4 aromatic rings. The van der Waals surface area contributed by atoms with E-state index in [0.29, 0.717) is 12.5 Å². The number of nitrogens with zero attached hydrogens (tertiary/aromatic N) is 2. The second-order valence-electron chi connectivity index (χ2n) is 8.81. The molecular formula is C23H25N5O. The standard InChI is InChI=1S/C23H25N5O/c1-13(2)19-20(26-22-27-23(3,4)12-28(22)21(19)29)17-11-25-18-6-5-14(9-16(17)18)15-7-8-24-10-15/h5-11,13,24-25H,12H2,1-4H3,(H,26,27). The van der Waals surface area contributed by atoms with Gasteiger partial charge in [-0.2, -0.15) is 0 Å². The van der Waals surface area contributed by atoms with Crippen LogP contribution < -0.4 is 10.9 Å². The maximum atomic E-state index is 13.4. The maximum Gasteiger partial charge on any atom is 0.259 e. The molecule has 0 aliphatic carbocycles. The zero-order valence-electron chi connectivity index (χ0n) is 17.1. The average Bonchev–Trinajstić information content (AvgIpc) is 3.37. The van der Waals surface area contributed by atoms with Crippen molar-refractivity contribution in [1.29, 1.82) is 0 Å². The van der Waals surface area contributed by atoms with Gasteiger partial charge in [0.2, 0.25) is 5.95 Å². The highest BCUT2D eigenvalue weighted by Crippen LogP contribution is 2.36. The van der Waals surface area contributed by atoms with Gasteiger partial charge in [0, 0.05) is 40.6 Å². The molecule has 0 radical (unpaired) electrons. The number of fused-ring (bicyclic) bond motifs is 2. The molecule has 0 fully saturated rings. The van der Waals surface area contributed by atoms with Crippen molar-refractivity contribution in [3.63, 3.8) is 0 Å². The van der Waals surface area contributed by atoms with Crippen molar-refractivity contribution < 1.29 is 0 Å². The van der Waals surface area contributed by atoms with E-state index >= 15 is 0 Å². The molecular weight excluding hydrogens is 362 g/mol. The van der Waals surface area contributed by atoms with Crippen molar-refractivity contribution in [1.82, 2.24) is 19.5 Å². The van der Waals surface area contributed by atoms with E-state index in [2.05, 4.69) is 67.2 Å². The van der Waals surface area contributed by atoms with Gasteiger partial charge in [0.05, 0.1) is 17.8 Å². The second-order valence-corrected chi connectivity index (χ2v) is 8.81. The molecule has 0 bridgehead atoms. The number of benzene rings is 1. The summed E-state index contributed by atoms with van der Waals surface area (Å²) in [6, 6.07) is 8.40. The van der Waals surface area contributed by atoms with E-state index in [1.54, 1.807) is 4.57 Å². The third-order valence-electron chi connectivity index (χ3n) is 5.65. The van der Waals surface area contributed by atoms with Gasteiger partial charge in [-0.1, -0.05) is 19.9 Å². The fourth-order valence-corrected chi connectivity index (χ4v) is 4.27. The van der Waals surface area contributed by atoms with Gasteiger partial charge in [0.25, 0.3) is 5.56 Å². The highest BCUT2D eigenvalue weighted by atomic mass is 16.1. The Balaban J connectivity index is 1.76. The Labute approximate surface area is 169 Å². The summed E-state index contributed by atoms with van der Waals surface area (Å²) >= 11 is 0. The molecule has 1 aliphatic rings. The Bertz CT molecular complexity index is 1270. The summed E-state index contributed by atoms with van der Waals surface area (Å²) in [4.78, 5) is 24.8. The van der Waals surface area contributed by atoms with Crippen molar-refractivity contribution in [3.8, 4) is 22.4 Å². The van der Waals surface area contributed by atoms with Crippen molar-refractivity contribution in [2.24, 2.45) is 0 Å². The minimum absolute atomic E-state index is 0.0502. The van der Waals surface area contributed by atoms with Crippen LogP contribution in [0.15, 0.2) is 47.7 Å². The topological polar surface area (TPSA) is 78.5 Å². The number of hydrogen-bond acceptors (Lipinski definition) is 3. The molecule has 3 N–H and O–H groups in total. The number of rotatable bonds is 3. The zero-order chi connectivity index (χ0) is 20.3. The Morgan fingerprint density at radius 2 is 1.97 bits per heavy atom. The summed E-state index contributed by atoms with van der Waals surface area (Å²) < 4.78 is 1.78. The van der Waals surface area contributed by atoms with Crippen LogP contribution in [0.1, 0.15) is 39.2 Å². The summed E-state index contributed by atoms with van der Waals surface area (Å²) in [5.41, 5.74) is 5.65. The molecule has 29 heavy (non-hydrogen) atoms. The van der Waals surface area contributed by atoms with E-state index in [1.807, 2.05) is 18.6 Å². The van der Waals surface area contributed by atoms with E-state index < -0.39 is 0 Å². The normalized spacial score (nSPS) is 15.1. The van der Waals surface area contributed by atoms with Gasteiger partial charge in [0.1, 0.15) is 0 Å². The number of aromatic amines is 2. The number of H-pyrrole nitrogens is 2. The lowest BCUT2D eigenvalue weighted by molar-refractivity contribution is 0.515. The third-order valence-corrected chi connectivity index (χ3v) is 5.65. The molecule has 0 spiro atoms. The van der Waals surface area contributed by atoms with E-state index in [4.69, 9.17) is 4.98 Å². The predicted octanol–water partition coefficient (Wildman–Crippen LogP) is 4.71. The molecule has 0 saturated heterocycles. The van der Waals surface area contributed by atoms with Crippen LogP contribution in [0.4, 0.5) is 5.95 Å². The highest BCUT2D eigenvalue weighted by molar-refractivity contribution is 5.98. The number of aromatic nitrogens is 4. The minimum Gasteiger partial charge on any atom is -0.367 e. The molecule has 6 heteroatoms. The summed E-state index contributed by atoms with van der Waals surface area (Å²) in [6.45, 7) is 8.92. The van der Waals surface area contributed by atoms with E-state index in [-0.39, 0.29) is 17.0 Å². The summed E-state index contributed by atoms with van der Waals surface area (Å²) in [5, 5.41) is 4.47. The monoisotopic (exact) mass is 387 g/mol. The largest absolute Gasteiger partial charge is 0.367 e. The van der Waals surface area contributed by atoms with Crippen LogP contribution in [-0.4, -0.2) is 25.1 Å². The Morgan fingerprint density at radius 1 is 1.14 bits per heavy atom. The second kappa shape index (κ2) is 6.11. The van der Waals surface area contributed by atoms with Crippen LogP contribution in [-0.2, 0) is 6.54 Å². The number of anilines is 1. The molecule has 5 rings (SSSR count). The molecule has 0 atom stereocenters. The van der Waals surface area contributed by atoms with Crippen LogP contribution in [0, 0.1) is 0 Å². The van der Waals surface area contributed by atoms with Crippen LogP contribution in [0.5, 0.6) is 0 Å². The molecule has 0 saturated carbocycles. The smallest absolute Gasteiger partial charge is 0.259 e. The van der Waals surface area contributed by atoms with E-state index in [9.17, 15) is 4.79 Å². The van der Waals surface area contributed by atoms with Crippen LogP contribution in [0.2, 0.25) is 0 Å². The quantitative estimate of drug-likeness (QED) is 0.476. The fraction of sp³-hybridized carbons (Fsp3) is 0.304. The summed E-state index contributed by atoms with van der Waals surface area (Å²) in [7, 11) is 0. The van der Waals surface area contributed by atoms with Gasteiger partial charge >= 0.3 is 0 Å². The Hall–Kier alpha value is -3.28. The summed E-state index contributed by atoms with van der Waals surface area (Å²) in [6.07, 6.45) is 5.88. The minimum atomic E-state index is -0.187. The first-order valence-corrected chi connectivity index (χ1v) is 10.0. The molecule has 1 aromatic carbocycles. The SMILES string of the molecule is CC(C)c1c(-c2c[nH]c3ccc(-c4cc[nH]c4)cc23)nc2n(c1=O)CC(C)(C)N2. The Morgan fingerprint density at radius 3 is 2.69 bits per heavy atom. The maximum absolute atomic E-state index is 13.4. The van der Waals surface area contributed by atoms with Crippen molar-refractivity contribution in [3.05, 3.63) is 58.8 Å². The van der Waals surface area contributed by atoms with Crippen LogP contribution >= 0.6 is 0 Å². The first-order valence-electron chi connectivity index (χ1n) is 10.0. The molecule has 148 valence electrons. The van der Waals surface area contributed by atoms with Gasteiger partial charge in [0.15, 0.2) is 0 Å². The van der Waals surface area contributed by atoms with Crippen molar-refractivity contribution in [2.75, 3.05) is 5.32 Å². The average molecular weight is 387 g/mol. The van der Waals surface area contributed by atoms with Crippen molar-refractivity contribution >= 4 is 16.9 Å². The summed E-state index contributed by atoms with van der Waals surface area (Å²) in [5.74, 6) is 0.722. The van der Waals surface area contributed by atoms with Crippen molar-refractivity contribution in [2.45, 2.75) is 45.7 Å². The third kappa shape index (κ3) is 2.78. The lowest BCUT2D eigenvalue weighted by Crippen LogP contribution is -2.30. The first kappa shape index (κ1) is 17.8. The molecule has 3 aromatic heterocycles. The van der Waals surface area contributed by atoms with E-state index in [0.717, 1.165) is 38.9 Å². The Kier molecular flexibility index (Phi) is 3.75. The van der Waals surface area contributed by atoms with Gasteiger partial charge in [-0.15, -0.1) is 0 Å². The van der Waals surface area contributed by atoms with Gasteiger partial charge < -0.3 is 15.3 Å². The first-order chi connectivity index (χ1) is 13.8. The van der Waals surface area contributed by atoms with Crippen LogP contribution in [0.25, 0.3) is 33.3 Å². The molecule has 0 unspecified atom stereocenters. The molecule has 6 nitrogen and oxygen atoms in total. The number of nitrogens with one attached hydrogen (secondary N) is 3. The zero-order valence-corrected chi connectivity index (χ0v) is 17.1. The van der Waals surface area contributed by atoms with Gasteiger partial charge in [-0.05, 0) is 49.1 Å². The van der Waals surface area contributed by atoms with Crippen LogP contribution in [0.3, 0.4) is 0 Å². The number of hydrogen-bond donors (Lipinski definition) is 3. The van der Waals surface area contributed by atoms with Gasteiger partial charge in [-0.3, -0.25) is 9.36 Å². The molecule has 4 heterocycles. The molecule has 1 aliphatic heterocycles. The lowest BCUT2D eigenvalue weighted by atomic mass is 9.96. The lowest BCUT2D eigenvalue weighted by Gasteiger charge is -2.15. The van der Waals surface area contributed by atoms with Gasteiger partial charge in [-0.25, -0.2) is 4.98 Å². The van der Waals surface area contributed by atoms with E-state index in [1.165, 1.54) is 0 Å². The molecule has 0 amide bonds. The fourth-order valence-electron chi connectivity index (χ4n) is 4.27. The highest BCUT2D eigenvalue weighted by Gasteiger charge is 2.32.